The second-order valence-electron chi connectivity index (χ2n) is 32.7. The van der Waals surface area contributed by atoms with Crippen LogP contribution in [0.15, 0.2) is 0 Å². The summed E-state index contributed by atoms with van der Waals surface area (Å²) >= 11 is 0. The number of esters is 1. The van der Waals surface area contributed by atoms with Crippen LogP contribution in [0.1, 0.15) is 275 Å². The summed E-state index contributed by atoms with van der Waals surface area (Å²) in [5.74, 6) is 4.73. The average Bonchev–Trinajstić information content (AvgIpc) is 1.10. The number of piperazine rings is 1. The van der Waals surface area contributed by atoms with Crippen molar-refractivity contribution in [3.05, 3.63) is 0 Å². The lowest BCUT2D eigenvalue weighted by molar-refractivity contribution is -0.147. The van der Waals surface area contributed by atoms with E-state index in [0.29, 0.717) is 101 Å². The van der Waals surface area contributed by atoms with Crippen LogP contribution in [-0.4, -0.2) is 247 Å². The third-order valence-corrected chi connectivity index (χ3v) is 21.1. The van der Waals surface area contributed by atoms with Crippen molar-refractivity contribution in [1.29, 1.82) is 0 Å². The Morgan fingerprint density at radius 3 is 0.990 bits per heavy atom. The van der Waals surface area contributed by atoms with Crippen molar-refractivity contribution in [1.82, 2.24) is 39.2 Å². The molecule has 0 radical (unpaired) electrons. The lowest BCUT2D eigenvalue weighted by atomic mass is 9.93. The Morgan fingerprint density at radius 2 is 0.691 bits per heavy atom. The van der Waals surface area contributed by atoms with Gasteiger partial charge in [-0.05, 0) is 294 Å². The molecular weight excluding hydrogens is 1210 g/mol. The Balaban J connectivity index is 0.00000107. The van der Waals surface area contributed by atoms with Gasteiger partial charge in [0.1, 0.15) is 28.9 Å². The number of hydrogen-bond acceptors (Lipinski definition) is 16. The number of Topliss-reactive ketones (excluding diaryl/α,β-unsaturated/α-hetero) is 5. The summed E-state index contributed by atoms with van der Waals surface area (Å²) in [5.41, 5.74) is 0. The van der Waals surface area contributed by atoms with Gasteiger partial charge in [0, 0.05) is 131 Å². The molecule has 572 valence electrons. The molecule has 97 heavy (non-hydrogen) atoms. The van der Waals surface area contributed by atoms with E-state index in [-0.39, 0.29) is 11.9 Å². The van der Waals surface area contributed by atoms with Crippen LogP contribution >= 0.6 is 0 Å². The summed E-state index contributed by atoms with van der Waals surface area (Å²) in [6.45, 7) is 68.5. The number of methoxy groups -OCH3 is 1. The SMILES string of the molecule is CC(=O)C1CCCN(C(C)C)C1.CC(=O)C1CCCN(C(C)C)C1.CC(=O)C1CCN(C(C)C)CC1.CC(=O)C1CN(C(C)C)C1.CC(=O)CCC(C)C.CC(C)N1CCN(C)CC1.CC(C)OC1CCCCC1.CC1CCCN(C(C)C)C1.COC(=O)C1CCN(C(C)C)CC1. The third kappa shape index (κ3) is 44.6. The molecule has 3 unspecified atom stereocenters. The Bertz CT molecular complexity index is 2010. The van der Waals surface area contributed by atoms with Crippen molar-refractivity contribution in [3.63, 3.8) is 0 Å². The van der Waals surface area contributed by atoms with E-state index in [1.165, 1.54) is 117 Å². The number of rotatable bonds is 17. The maximum Gasteiger partial charge on any atom is 0.308 e. The topological polar surface area (TPSA) is 147 Å². The van der Waals surface area contributed by atoms with E-state index in [4.69, 9.17) is 9.47 Å². The fourth-order valence-corrected chi connectivity index (χ4v) is 13.6. The molecule has 1 saturated carbocycles. The number of likely N-dealkylation sites (tertiary alicyclic amines) is 6. The fourth-order valence-electron chi connectivity index (χ4n) is 13.6. The van der Waals surface area contributed by atoms with Gasteiger partial charge in [0.15, 0.2) is 0 Å². The molecular formula is C81H160N8O8. The number of nitrogens with zero attached hydrogens (tertiary/aromatic N) is 8. The summed E-state index contributed by atoms with van der Waals surface area (Å²) in [7, 11) is 3.66. The summed E-state index contributed by atoms with van der Waals surface area (Å²) in [5, 5.41) is 0. The predicted molar refractivity (Wildman–Crippen MR) is 410 cm³/mol. The minimum absolute atomic E-state index is 0.0385. The summed E-state index contributed by atoms with van der Waals surface area (Å²) < 4.78 is 10.4. The van der Waals surface area contributed by atoms with Crippen LogP contribution in [0.4, 0.5) is 0 Å². The number of likely N-dealkylation sites (N-methyl/N-ethyl adjacent to an activating group) is 1. The van der Waals surface area contributed by atoms with Crippen molar-refractivity contribution in [2.24, 2.45) is 41.4 Å². The van der Waals surface area contributed by atoms with E-state index in [1.807, 2.05) is 0 Å². The zero-order chi connectivity index (χ0) is 74.1. The van der Waals surface area contributed by atoms with Crippen LogP contribution in [0.3, 0.4) is 0 Å². The molecule has 3 atom stereocenters. The Morgan fingerprint density at radius 1 is 0.351 bits per heavy atom. The molecule has 8 rings (SSSR count). The zero-order valence-corrected chi connectivity index (χ0v) is 68.4. The smallest absolute Gasteiger partial charge is 0.308 e. The number of hydrogen-bond donors (Lipinski definition) is 0. The van der Waals surface area contributed by atoms with Crippen LogP contribution in [0, 0.1) is 41.4 Å². The molecule has 8 fully saturated rings. The van der Waals surface area contributed by atoms with Crippen LogP contribution in [0.25, 0.3) is 0 Å². The van der Waals surface area contributed by atoms with Gasteiger partial charge in [-0.2, -0.15) is 0 Å². The largest absolute Gasteiger partial charge is 0.469 e. The Labute approximate surface area is 599 Å². The molecule has 7 heterocycles. The van der Waals surface area contributed by atoms with Gasteiger partial charge in [-0.25, -0.2) is 0 Å². The number of carbonyl (C=O) groups excluding carboxylic acids is 6. The van der Waals surface area contributed by atoms with E-state index in [9.17, 15) is 28.8 Å². The predicted octanol–water partition coefficient (Wildman–Crippen LogP) is 14.8. The molecule has 0 N–H and O–H groups in total. The van der Waals surface area contributed by atoms with Gasteiger partial charge in [0.2, 0.25) is 0 Å². The minimum Gasteiger partial charge on any atom is -0.469 e. The van der Waals surface area contributed by atoms with Gasteiger partial charge < -0.3 is 43.7 Å². The molecule has 0 amide bonds. The lowest BCUT2D eigenvalue weighted by Crippen LogP contribution is -2.52. The summed E-state index contributed by atoms with van der Waals surface area (Å²) in [4.78, 5) is 85.1. The van der Waals surface area contributed by atoms with Crippen LogP contribution < -0.4 is 0 Å². The van der Waals surface area contributed by atoms with E-state index in [2.05, 4.69) is 178 Å². The van der Waals surface area contributed by atoms with E-state index in [0.717, 1.165) is 122 Å². The van der Waals surface area contributed by atoms with Crippen LogP contribution in [0.5, 0.6) is 0 Å². The maximum absolute atomic E-state index is 11.2. The molecule has 1 aliphatic carbocycles. The molecule has 16 nitrogen and oxygen atoms in total. The number of piperidine rings is 5. The van der Waals surface area contributed by atoms with Crippen molar-refractivity contribution < 1.29 is 38.2 Å². The Hall–Kier alpha value is -2.54. The van der Waals surface area contributed by atoms with Gasteiger partial charge in [0.25, 0.3) is 0 Å². The molecule has 0 aromatic carbocycles. The zero-order valence-electron chi connectivity index (χ0n) is 68.4. The third-order valence-electron chi connectivity index (χ3n) is 21.1. The highest BCUT2D eigenvalue weighted by atomic mass is 16.5. The highest BCUT2D eigenvalue weighted by molar-refractivity contribution is 5.80. The quantitative estimate of drug-likeness (QED) is 0.127. The summed E-state index contributed by atoms with van der Waals surface area (Å²) in [6, 6.07) is 4.50. The first-order valence-electron chi connectivity index (χ1n) is 39.5. The molecule has 8 aliphatic rings. The van der Waals surface area contributed by atoms with Crippen molar-refractivity contribution in [3.8, 4) is 0 Å². The maximum atomic E-state index is 11.2. The van der Waals surface area contributed by atoms with Crippen molar-refractivity contribution >= 4 is 34.9 Å². The number of ether oxygens (including phenoxy) is 2. The molecule has 0 aromatic rings. The lowest BCUT2D eigenvalue weighted by Gasteiger charge is -2.40. The number of carbonyl (C=O) groups is 6. The minimum atomic E-state index is -0.0385. The average molecular weight is 1370 g/mol. The summed E-state index contributed by atoms with van der Waals surface area (Å²) in [6.07, 6.45) is 20.9. The van der Waals surface area contributed by atoms with E-state index >= 15 is 0 Å². The molecule has 0 bridgehead atoms. The first-order valence-corrected chi connectivity index (χ1v) is 39.5. The van der Waals surface area contributed by atoms with E-state index < -0.39 is 0 Å². The fraction of sp³-hybridized carbons (Fsp3) is 0.926. The van der Waals surface area contributed by atoms with Gasteiger partial charge >= 0.3 is 5.97 Å². The molecule has 0 spiro atoms. The normalized spacial score (nSPS) is 22.7. The number of ketones is 5. The van der Waals surface area contributed by atoms with Crippen LogP contribution in [-0.2, 0) is 38.2 Å². The molecule has 7 aliphatic heterocycles. The standard InChI is InChI=1S/C10H19NO2.3C10H19NO.C9H19N.C9H18O.C8H18N2.C8H15NO.C7H14O/c1-8(2)11-6-4-9(5-7-11)10(12)13-3;1-8(2)11-6-4-10(5-7-11)9(3)12;2*1-8(2)11-6-4-5-10(7-11)9(3)12;1-8(2)10-6-4-5-9(3)7-10;1-8(2)10-9-6-4-3-5-7-9;1-8(2)10-6-4-9(3)5-7-10;1-6(2)9-4-8(5-9)7(3)10;1-6(2)4-5-7(3)8/h8-9H,4-7H2,1-3H3;3*8,10H,4-7H2,1-3H3;8-9H,4-7H2,1-3H3;8-9H,3-7H2,1-2H3;8H,4-7H2,1-3H3;6,8H,4-5H2,1-3H3;6H,4-5H2,1-3H3. The highest BCUT2D eigenvalue weighted by Gasteiger charge is 2.32. The second-order valence-corrected chi connectivity index (χ2v) is 32.7. The van der Waals surface area contributed by atoms with Crippen molar-refractivity contribution in [2.45, 2.75) is 330 Å². The Kier molecular flexibility index (Phi) is 51.9. The van der Waals surface area contributed by atoms with Gasteiger partial charge in [-0.15, -0.1) is 0 Å². The molecule has 7 saturated heterocycles. The van der Waals surface area contributed by atoms with Crippen molar-refractivity contribution in [2.75, 3.05) is 119 Å². The highest BCUT2D eigenvalue weighted by Crippen LogP contribution is 2.25. The van der Waals surface area contributed by atoms with Crippen LogP contribution in [0.2, 0.25) is 0 Å². The molecule has 16 heteroatoms. The van der Waals surface area contributed by atoms with E-state index in [1.54, 1.807) is 34.6 Å². The second kappa shape index (κ2) is 53.3. The molecule has 0 aromatic heterocycles. The monoisotopic (exact) mass is 1370 g/mol. The first-order chi connectivity index (χ1) is 45.4. The van der Waals surface area contributed by atoms with Gasteiger partial charge in [-0.3, -0.25) is 33.8 Å². The van der Waals surface area contributed by atoms with Gasteiger partial charge in [-0.1, -0.05) is 40.0 Å². The first kappa shape index (κ1) is 94.5. The van der Waals surface area contributed by atoms with Gasteiger partial charge in [0.05, 0.1) is 25.2 Å².